The zero-order chi connectivity index (χ0) is 9.97. The number of thiophene rings is 1. The van der Waals surface area contributed by atoms with E-state index in [0.29, 0.717) is 12.5 Å². The predicted octanol–water partition coefficient (Wildman–Crippen LogP) is 2.84. The summed E-state index contributed by atoms with van der Waals surface area (Å²) in [7, 11) is 0. The largest absolute Gasteiger partial charge is 0.314 e. The molecule has 1 aliphatic carbocycles. The fourth-order valence-corrected chi connectivity index (χ4v) is 2.81. The van der Waals surface area contributed by atoms with Gasteiger partial charge in [-0.2, -0.15) is 11.3 Å². The van der Waals surface area contributed by atoms with E-state index in [0.717, 1.165) is 16.6 Å². The van der Waals surface area contributed by atoms with E-state index in [1.807, 2.05) is 10.8 Å². The normalized spacial score (nSPS) is 15.8. The zero-order valence-electron chi connectivity index (χ0n) is 7.75. The van der Waals surface area contributed by atoms with Gasteiger partial charge in [0.1, 0.15) is 0 Å². The summed E-state index contributed by atoms with van der Waals surface area (Å²) in [6.07, 6.45) is 3.15. The Labute approximate surface area is 95.8 Å². The molecule has 1 N–H and O–H groups in total. The highest BCUT2D eigenvalue weighted by atomic mass is 79.9. The number of rotatable bonds is 5. The van der Waals surface area contributed by atoms with Crippen molar-refractivity contribution in [2.45, 2.75) is 25.3 Å². The smallest absolute Gasteiger partial charge is 0.166 e. The van der Waals surface area contributed by atoms with Gasteiger partial charge in [0.05, 0.1) is 0 Å². The summed E-state index contributed by atoms with van der Waals surface area (Å²) in [5.74, 6) is 0.228. The molecule has 0 spiro atoms. The third-order valence-electron chi connectivity index (χ3n) is 2.28. The van der Waals surface area contributed by atoms with Gasteiger partial charge >= 0.3 is 0 Å². The fraction of sp³-hybridized carbons (Fsp3) is 0.500. The molecule has 0 atom stereocenters. The van der Waals surface area contributed by atoms with Crippen LogP contribution in [-0.2, 0) is 0 Å². The average Bonchev–Trinajstić information content (AvgIpc) is 2.87. The van der Waals surface area contributed by atoms with Crippen molar-refractivity contribution in [3.8, 4) is 0 Å². The molecule has 0 amide bonds. The van der Waals surface area contributed by atoms with Gasteiger partial charge < -0.3 is 5.32 Å². The summed E-state index contributed by atoms with van der Waals surface area (Å²) in [4.78, 5) is 11.7. The molecule has 1 aromatic rings. The lowest BCUT2D eigenvalue weighted by molar-refractivity contribution is 0.0982. The van der Waals surface area contributed by atoms with E-state index < -0.39 is 0 Å². The minimum absolute atomic E-state index is 0.228. The first-order chi connectivity index (χ1) is 6.77. The third kappa shape index (κ3) is 2.65. The van der Waals surface area contributed by atoms with E-state index in [1.54, 1.807) is 11.3 Å². The Hall–Kier alpha value is -0.190. The second-order valence-corrected chi connectivity index (χ2v) is 5.13. The van der Waals surface area contributed by atoms with E-state index in [2.05, 4.69) is 21.2 Å². The van der Waals surface area contributed by atoms with Crippen LogP contribution in [0.2, 0.25) is 0 Å². The number of hydrogen-bond acceptors (Lipinski definition) is 3. The molecular weight excluding hydrogens is 262 g/mol. The van der Waals surface area contributed by atoms with E-state index in [9.17, 15) is 4.79 Å². The molecule has 0 bridgehead atoms. The number of carbonyl (C=O) groups is 1. The van der Waals surface area contributed by atoms with Crippen molar-refractivity contribution < 1.29 is 4.79 Å². The summed E-state index contributed by atoms with van der Waals surface area (Å²) < 4.78 is 0.930. The quantitative estimate of drug-likeness (QED) is 0.836. The standard InChI is InChI=1S/C10H12BrNOS/c11-9-6-14-5-8(9)10(13)3-4-12-7-1-2-7/h5-7,12H,1-4H2. The molecule has 1 heterocycles. The van der Waals surface area contributed by atoms with E-state index in [1.165, 1.54) is 12.8 Å². The first kappa shape index (κ1) is 10.3. The highest BCUT2D eigenvalue weighted by Gasteiger charge is 2.20. The number of ketones is 1. The van der Waals surface area contributed by atoms with Crippen LogP contribution in [0.4, 0.5) is 0 Å². The van der Waals surface area contributed by atoms with E-state index in [4.69, 9.17) is 0 Å². The van der Waals surface area contributed by atoms with Crippen molar-refractivity contribution in [1.82, 2.24) is 5.32 Å². The van der Waals surface area contributed by atoms with Crippen LogP contribution in [0.5, 0.6) is 0 Å². The maximum Gasteiger partial charge on any atom is 0.166 e. The topological polar surface area (TPSA) is 29.1 Å². The number of nitrogens with one attached hydrogen (secondary N) is 1. The predicted molar refractivity (Wildman–Crippen MR) is 62.0 cm³/mol. The Morgan fingerprint density at radius 3 is 2.93 bits per heavy atom. The molecular formula is C10H12BrNOS. The molecule has 4 heteroatoms. The Bertz CT molecular complexity index is 333. The molecule has 0 radical (unpaired) electrons. The molecule has 1 aliphatic rings. The number of halogens is 1. The van der Waals surface area contributed by atoms with Gasteiger partial charge in [0.15, 0.2) is 5.78 Å². The second kappa shape index (κ2) is 4.55. The lowest BCUT2D eigenvalue weighted by Crippen LogP contribution is -2.20. The van der Waals surface area contributed by atoms with Crippen LogP contribution in [0, 0.1) is 0 Å². The van der Waals surface area contributed by atoms with E-state index in [-0.39, 0.29) is 5.78 Å². The summed E-state index contributed by atoms with van der Waals surface area (Å²) >= 11 is 4.93. The average molecular weight is 274 g/mol. The van der Waals surface area contributed by atoms with Gasteiger partial charge in [0.25, 0.3) is 0 Å². The monoisotopic (exact) mass is 273 g/mol. The lowest BCUT2D eigenvalue weighted by atomic mass is 10.2. The molecule has 76 valence electrons. The van der Waals surface area contributed by atoms with Gasteiger partial charge in [-0.15, -0.1) is 0 Å². The maximum atomic E-state index is 11.7. The first-order valence-corrected chi connectivity index (χ1v) is 6.49. The van der Waals surface area contributed by atoms with Gasteiger partial charge in [-0.05, 0) is 28.8 Å². The van der Waals surface area contributed by atoms with E-state index >= 15 is 0 Å². The van der Waals surface area contributed by atoms with Crippen molar-refractivity contribution in [3.05, 3.63) is 20.8 Å². The minimum atomic E-state index is 0.228. The molecule has 0 unspecified atom stereocenters. The SMILES string of the molecule is O=C(CCNC1CC1)c1cscc1Br. The van der Waals surface area contributed by atoms with Crippen LogP contribution in [0.3, 0.4) is 0 Å². The van der Waals surface area contributed by atoms with Crippen molar-refractivity contribution in [2.24, 2.45) is 0 Å². The number of hydrogen-bond donors (Lipinski definition) is 1. The van der Waals surface area contributed by atoms with Gasteiger partial charge in [0, 0.05) is 39.8 Å². The molecule has 14 heavy (non-hydrogen) atoms. The maximum absolute atomic E-state index is 11.7. The van der Waals surface area contributed by atoms with Gasteiger partial charge in [-0.1, -0.05) is 0 Å². The van der Waals surface area contributed by atoms with Gasteiger partial charge in [-0.25, -0.2) is 0 Å². The van der Waals surface area contributed by atoms with Crippen LogP contribution in [0.15, 0.2) is 15.2 Å². The molecule has 1 aromatic heterocycles. The van der Waals surface area contributed by atoms with Crippen LogP contribution in [0.25, 0.3) is 0 Å². The van der Waals surface area contributed by atoms with Crippen molar-refractivity contribution >= 4 is 33.0 Å². The summed E-state index contributed by atoms with van der Waals surface area (Å²) in [5.41, 5.74) is 0.826. The minimum Gasteiger partial charge on any atom is -0.314 e. The highest BCUT2D eigenvalue weighted by Crippen LogP contribution is 2.23. The Kier molecular flexibility index (Phi) is 3.36. The summed E-state index contributed by atoms with van der Waals surface area (Å²) in [6, 6.07) is 0.689. The Balaban J connectivity index is 1.79. The molecule has 0 aromatic carbocycles. The van der Waals surface area contributed by atoms with Crippen molar-refractivity contribution in [2.75, 3.05) is 6.54 Å². The molecule has 1 fully saturated rings. The van der Waals surface area contributed by atoms with Crippen LogP contribution in [-0.4, -0.2) is 18.4 Å². The van der Waals surface area contributed by atoms with Crippen molar-refractivity contribution in [1.29, 1.82) is 0 Å². The summed E-state index contributed by atoms with van der Waals surface area (Å²) in [6.45, 7) is 0.811. The lowest BCUT2D eigenvalue weighted by Gasteiger charge is -2.01. The second-order valence-electron chi connectivity index (χ2n) is 3.53. The molecule has 0 aliphatic heterocycles. The zero-order valence-corrected chi connectivity index (χ0v) is 10.2. The molecule has 2 rings (SSSR count). The van der Waals surface area contributed by atoms with Crippen LogP contribution in [0.1, 0.15) is 29.6 Å². The summed E-state index contributed by atoms with van der Waals surface area (Å²) in [5, 5.41) is 7.19. The van der Waals surface area contributed by atoms with Crippen molar-refractivity contribution in [3.63, 3.8) is 0 Å². The Morgan fingerprint density at radius 2 is 2.36 bits per heavy atom. The number of Topliss-reactive ketones (excluding diaryl/α,β-unsaturated/α-hetero) is 1. The van der Waals surface area contributed by atoms with Crippen LogP contribution < -0.4 is 5.32 Å². The van der Waals surface area contributed by atoms with Gasteiger partial charge in [-0.3, -0.25) is 4.79 Å². The highest BCUT2D eigenvalue weighted by molar-refractivity contribution is 9.10. The molecule has 1 saturated carbocycles. The fourth-order valence-electron chi connectivity index (χ4n) is 1.29. The Morgan fingerprint density at radius 1 is 1.57 bits per heavy atom. The number of carbonyl (C=O) groups excluding carboxylic acids is 1. The molecule has 0 saturated heterocycles. The van der Waals surface area contributed by atoms with Crippen LogP contribution >= 0.6 is 27.3 Å². The van der Waals surface area contributed by atoms with Gasteiger partial charge in [0.2, 0.25) is 0 Å². The molecule has 2 nitrogen and oxygen atoms in total. The first-order valence-electron chi connectivity index (χ1n) is 4.75. The third-order valence-corrected chi connectivity index (χ3v) is 3.98.